The molecule has 14 nitrogen and oxygen atoms in total. The molecule has 5 atom stereocenters. The number of ketones is 1. The third kappa shape index (κ3) is 9.51. The van der Waals surface area contributed by atoms with Crippen molar-refractivity contribution in [2.45, 2.75) is 95.4 Å². The van der Waals surface area contributed by atoms with E-state index < -0.39 is 104 Å². The molecule has 1 aromatic rings. The lowest BCUT2D eigenvalue weighted by molar-refractivity contribution is -0.159. The number of hydrogen-bond donors (Lipinski definition) is 1. The van der Waals surface area contributed by atoms with Crippen molar-refractivity contribution in [3.05, 3.63) is 73.1 Å². The van der Waals surface area contributed by atoms with Crippen LogP contribution in [0.25, 0.3) is 0 Å². The molecule has 1 aromatic carbocycles. The predicted octanol–water partition coefficient (Wildman–Crippen LogP) is 3.56. The number of sulfonamides is 1. The number of fused-ring (bicyclic) bond motifs is 1. The Morgan fingerprint density at radius 3 is 2.40 bits per heavy atom. The van der Waals surface area contributed by atoms with Crippen LogP contribution < -0.4 is 4.72 Å². The topological polar surface area (TPSA) is 177 Å². The summed E-state index contributed by atoms with van der Waals surface area (Å²) in [6, 6.07) is 3.27. The standard InChI is InChI=1S/C39H49FN4O10S/c1-7-15-42(33(46)9-3)21-25(16-34(47)54-38(4,5)6)35(48)44-22-27(53-37(50)43-20-24-11-10-12-30(40)29(24)23-43)17-31(44)32(45)19-39(18-26(39)8-2)36(49)41-55(51,52)28-13-14-28/h7-12,25-28,31H,1-3,13-23H2,4-6H3,(H,41,49)/t25-,26+,27+,31?,39+/m0/s1. The van der Waals surface area contributed by atoms with Crippen molar-refractivity contribution < 1.29 is 51.0 Å². The van der Waals surface area contributed by atoms with Gasteiger partial charge in [-0.25, -0.2) is 17.6 Å². The number of esters is 1. The second-order valence-electron chi connectivity index (χ2n) is 15.7. The number of rotatable bonds is 16. The van der Waals surface area contributed by atoms with E-state index in [0.29, 0.717) is 24.0 Å². The van der Waals surface area contributed by atoms with Gasteiger partial charge in [0.15, 0.2) is 5.78 Å². The molecular formula is C39H49FN4O10S. The van der Waals surface area contributed by atoms with Crippen LogP contribution in [-0.4, -0.2) is 101 Å². The molecule has 4 aliphatic rings. The number of amides is 4. The molecule has 2 saturated carbocycles. The molecule has 5 rings (SSSR count). The highest BCUT2D eigenvalue weighted by Crippen LogP contribution is 2.57. The van der Waals surface area contributed by atoms with Crippen LogP contribution in [0.15, 0.2) is 56.2 Å². The fourth-order valence-electron chi connectivity index (χ4n) is 7.32. The number of carbonyl (C=O) groups is 6. The first kappa shape index (κ1) is 41.3. The molecule has 298 valence electrons. The molecule has 3 fully saturated rings. The number of nitrogens with one attached hydrogen (secondary N) is 1. The summed E-state index contributed by atoms with van der Waals surface area (Å²) >= 11 is 0. The fourth-order valence-corrected chi connectivity index (χ4v) is 8.71. The number of nitrogens with zero attached hydrogens (tertiary/aromatic N) is 3. The van der Waals surface area contributed by atoms with Gasteiger partial charge in [0, 0.05) is 38.0 Å². The van der Waals surface area contributed by atoms with Crippen molar-refractivity contribution in [1.82, 2.24) is 19.4 Å². The molecule has 0 aromatic heterocycles. The summed E-state index contributed by atoms with van der Waals surface area (Å²) in [5.74, 6) is -5.62. The van der Waals surface area contributed by atoms with Crippen LogP contribution >= 0.6 is 0 Å². The van der Waals surface area contributed by atoms with Crippen LogP contribution in [0.1, 0.15) is 70.4 Å². The van der Waals surface area contributed by atoms with Crippen LogP contribution in [0.3, 0.4) is 0 Å². The third-order valence-corrected chi connectivity index (χ3v) is 12.2. The lowest BCUT2D eigenvalue weighted by atomic mass is 9.91. The molecule has 1 saturated heterocycles. The van der Waals surface area contributed by atoms with Gasteiger partial charge in [0.2, 0.25) is 27.7 Å². The number of benzene rings is 1. The minimum Gasteiger partial charge on any atom is -0.460 e. The highest BCUT2D eigenvalue weighted by molar-refractivity contribution is 7.90. The number of allylic oxidation sites excluding steroid dienone is 1. The highest BCUT2D eigenvalue weighted by Gasteiger charge is 2.61. The Hall–Kier alpha value is -4.86. The quantitative estimate of drug-likeness (QED) is 0.148. The maximum Gasteiger partial charge on any atom is 0.410 e. The average molecular weight is 785 g/mol. The van der Waals surface area contributed by atoms with Crippen LogP contribution in [-0.2, 0) is 56.6 Å². The first-order chi connectivity index (χ1) is 25.8. The monoisotopic (exact) mass is 784 g/mol. The van der Waals surface area contributed by atoms with Crippen molar-refractivity contribution >= 4 is 45.6 Å². The number of carbonyl (C=O) groups excluding carboxylic acids is 6. The number of ether oxygens (including phenoxy) is 2. The Kier molecular flexibility index (Phi) is 12.1. The zero-order valence-electron chi connectivity index (χ0n) is 31.5. The summed E-state index contributed by atoms with van der Waals surface area (Å²) in [5, 5.41) is -0.682. The predicted molar refractivity (Wildman–Crippen MR) is 197 cm³/mol. The zero-order valence-corrected chi connectivity index (χ0v) is 32.3. The Bertz CT molecular complexity index is 1890. The van der Waals surface area contributed by atoms with E-state index in [-0.39, 0.29) is 45.6 Å². The van der Waals surface area contributed by atoms with Gasteiger partial charge < -0.3 is 19.3 Å². The van der Waals surface area contributed by atoms with Crippen molar-refractivity contribution in [3.63, 3.8) is 0 Å². The van der Waals surface area contributed by atoms with Gasteiger partial charge in [-0.1, -0.05) is 30.9 Å². The molecule has 2 aliphatic heterocycles. The smallest absolute Gasteiger partial charge is 0.410 e. The first-order valence-corrected chi connectivity index (χ1v) is 19.8. The van der Waals surface area contributed by atoms with E-state index in [9.17, 15) is 41.6 Å². The van der Waals surface area contributed by atoms with Gasteiger partial charge in [0.25, 0.3) is 0 Å². The van der Waals surface area contributed by atoms with Gasteiger partial charge in [0.05, 0.1) is 42.1 Å². The Morgan fingerprint density at radius 2 is 1.82 bits per heavy atom. The summed E-state index contributed by atoms with van der Waals surface area (Å²) in [7, 11) is -3.94. The number of Topliss-reactive ketones (excluding diaryl/α,β-unsaturated/α-hetero) is 1. The summed E-state index contributed by atoms with van der Waals surface area (Å²) < 4.78 is 53.4. The number of halogens is 1. The molecule has 55 heavy (non-hydrogen) atoms. The zero-order chi connectivity index (χ0) is 40.5. The van der Waals surface area contributed by atoms with Crippen LogP contribution in [0.2, 0.25) is 0 Å². The van der Waals surface area contributed by atoms with Crippen molar-refractivity contribution in [2.75, 3.05) is 19.6 Å². The fraction of sp³-hybridized carbons (Fsp3) is 0.538. The molecule has 0 radical (unpaired) electrons. The van der Waals surface area contributed by atoms with Gasteiger partial charge in [-0.2, -0.15) is 0 Å². The van der Waals surface area contributed by atoms with E-state index >= 15 is 0 Å². The molecule has 0 bridgehead atoms. The van der Waals surface area contributed by atoms with Crippen molar-refractivity contribution in [2.24, 2.45) is 17.3 Å². The Labute approximate surface area is 320 Å². The molecule has 2 aliphatic carbocycles. The van der Waals surface area contributed by atoms with E-state index in [1.807, 2.05) is 0 Å². The summed E-state index contributed by atoms with van der Waals surface area (Å²) in [4.78, 5) is 85.6. The normalized spacial score (nSPS) is 23.5. The maximum absolute atomic E-state index is 14.6. The van der Waals surface area contributed by atoms with E-state index in [1.165, 1.54) is 39.0 Å². The minimum atomic E-state index is -3.94. The van der Waals surface area contributed by atoms with Gasteiger partial charge in [-0.3, -0.25) is 33.6 Å². The Morgan fingerprint density at radius 1 is 1.11 bits per heavy atom. The lowest BCUT2D eigenvalue weighted by Crippen LogP contribution is -2.49. The van der Waals surface area contributed by atoms with Gasteiger partial charge >= 0.3 is 12.1 Å². The van der Waals surface area contributed by atoms with Crippen LogP contribution in [0.5, 0.6) is 0 Å². The van der Waals surface area contributed by atoms with Crippen LogP contribution in [0, 0.1) is 23.1 Å². The number of likely N-dealkylation sites (tertiary alicyclic amines) is 1. The second kappa shape index (κ2) is 16.1. The number of hydrogen-bond acceptors (Lipinski definition) is 10. The van der Waals surface area contributed by atoms with Crippen molar-refractivity contribution in [1.29, 1.82) is 0 Å². The first-order valence-electron chi connectivity index (χ1n) is 18.3. The lowest BCUT2D eigenvalue weighted by Gasteiger charge is -2.31. The largest absolute Gasteiger partial charge is 0.460 e. The van der Waals surface area contributed by atoms with Crippen molar-refractivity contribution in [3.8, 4) is 0 Å². The third-order valence-electron chi connectivity index (χ3n) is 10.4. The molecule has 0 spiro atoms. The van der Waals surface area contributed by atoms with Gasteiger partial charge in [0.1, 0.15) is 17.5 Å². The van der Waals surface area contributed by atoms with E-state index in [0.717, 1.165) is 6.08 Å². The maximum atomic E-state index is 14.6. The molecule has 2 heterocycles. The minimum absolute atomic E-state index is 0.00864. The molecular weight excluding hydrogens is 736 g/mol. The molecule has 1 N–H and O–H groups in total. The van der Waals surface area contributed by atoms with Gasteiger partial charge in [-0.15, -0.1) is 13.2 Å². The second-order valence-corrected chi connectivity index (χ2v) is 17.7. The summed E-state index contributed by atoms with van der Waals surface area (Å²) in [6.07, 6.45) is 2.05. The van der Waals surface area contributed by atoms with E-state index in [2.05, 4.69) is 24.5 Å². The SMILES string of the molecule is C=CCN(C[C@H](CC(=O)OC(C)(C)C)C(=O)N1C[C@H](OC(=O)N2Cc3cccc(F)c3C2)CC1C(=O)C[C@]1(C(=O)NS(=O)(=O)C2CC2)C[C@H]1C=C)C(=O)C=C. The molecule has 4 amide bonds. The average Bonchev–Trinajstić information content (AvgIpc) is 4.00. The summed E-state index contributed by atoms with van der Waals surface area (Å²) in [5.41, 5.74) is -1.36. The highest BCUT2D eigenvalue weighted by atomic mass is 32.2. The Balaban J connectivity index is 1.42. The summed E-state index contributed by atoms with van der Waals surface area (Å²) in [6.45, 7) is 15.4. The van der Waals surface area contributed by atoms with E-state index in [4.69, 9.17) is 9.47 Å². The van der Waals surface area contributed by atoms with Crippen LogP contribution in [0.4, 0.5) is 9.18 Å². The van der Waals surface area contributed by atoms with Gasteiger partial charge in [-0.05, 0) is 63.7 Å². The van der Waals surface area contributed by atoms with E-state index in [1.54, 1.807) is 26.8 Å². The molecule has 16 heteroatoms. The molecule has 1 unspecified atom stereocenters.